The summed E-state index contributed by atoms with van der Waals surface area (Å²) in [6.45, 7) is 0. The minimum Gasteiger partial charge on any atom is -0.318 e. The van der Waals surface area contributed by atoms with E-state index in [4.69, 9.17) is 23.2 Å². The van der Waals surface area contributed by atoms with Crippen molar-refractivity contribution in [3.05, 3.63) is 64.4 Å². The Morgan fingerprint density at radius 3 is 2.04 bits per heavy atom. The van der Waals surface area contributed by atoms with E-state index < -0.39 is 11.8 Å². The van der Waals surface area contributed by atoms with E-state index >= 15 is 0 Å². The molecule has 2 amide bonds. The minimum atomic E-state index is -0.519. The van der Waals surface area contributed by atoms with Crippen molar-refractivity contribution < 1.29 is 9.59 Å². The Morgan fingerprint density at radius 1 is 0.962 bits per heavy atom. The quantitative estimate of drug-likeness (QED) is 0.666. The molecule has 3 rings (SSSR count). The third-order valence-electron chi connectivity index (χ3n) is 3.36. The molecule has 0 atom stereocenters. The van der Waals surface area contributed by atoms with Gasteiger partial charge in [0.05, 0.1) is 11.4 Å². The third-order valence-corrected chi connectivity index (χ3v) is 3.96. The van der Waals surface area contributed by atoms with Crippen LogP contribution in [0.2, 0.25) is 10.3 Å². The summed E-state index contributed by atoms with van der Waals surface area (Å²) in [4.78, 5) is 32.5. The zero-order chi connectivity index (χ0) is 18.7. The molecule has 0 aliphatic heterocycles. The van der Waals surface area contributed by atoms with Crippen LogP contribution in [0.3, 0.4) is 0 Å². The average molecular weight is 391 g/mol. The Labute approximate surface area is 158 Å². The fraction of sp³-hybridized carbons (Fsp3) is 0.0625. The lowest BCUT2D eigenvalue weighted by molar-refractivity contribution is 0.101. The number of carbonyl (C=O) groups is 2. The summed E-state index contributed by atoms with van der Waals surface area (Å²) in [6.07, 6.45) is 3.01. The molecule has 3 aromatic rings. The number of nitrogens with one attached hydrogen (secondary N) is 2. The van der Waals surface area contributed by atoms with Crippen LogP contribution in [-0.2, 0) is 7.05 Å². The lowest BCUT2D eigenvalue weighted by Crippen LogP contribution is -2.16. The van der Waals surface area contributed by atoms with Crippen LogP contribution in [-0.4, -0.2) is 31.6 Å². The fourth-order valence-electron chi connectivity index (χ4n) is 2.12. The van der Waals surface area contributed by atoms with Crippen molar-refractivity contribution >= 4 is 46.4 Å². The SMILES string of the molecule is Cn1nc(C(=O)Nc2cccnc2Cl)cc1C(=O)Nc1cccnc1Cl. The molecular weight excluding hydrogens is 379 g/mol. The number of nitrogens with zero attached hydrogens (tertiary/aromatic N) is 4. The summed E-state index contributed by atoms with van der Waals surface area (Å²) < 4.78 is 1.29. The molecular formula is C16H12Cl2N6O2. The van der Waals surface area contributed by atoms with Gasteiger partial charge in [-0.15, -0.1) is 0 Å². The van der Waals surface area contributed by atoms with E-state index in [2.05, 4.69) is 25.7 Å². The van der Waals surface area contributed by atoms with E-state index in [1.165, 1.54) is 23.1 Å². The topological polar surface area (TPSA) is 102 Å². The van der Waals surface area contributed by atoms with Crippen LogP contribution in [0, 0.1) is 0 Å². The van der Waals surface area contributed by atoms with Crippen LogP contribution in [0.5, 0.6) is 0 Å². The number of rotatable bonds is 4. The minimum absolute atomic E-state index is 0.0508. The highest BCUT2D eigenvalue weighted by Crippen LogP contribution is 2.20. The maximum absolute atomic E-state index is 12.4. The zero-order valence-corrected chi connectivity index (χ0v) is 14.9. The van der Waals surface area contributed by atoms with Crippen molar-refractivity contribution in [2.45, 2.75) is 0 Å². The molecule has 2 N–H and O–H groups in total. The highest BCUT2D eigenvalue weighted by atomic mass is 35.5. The molecule has 3 aromatic heterocycles. The number of hydrogen-bond donors (Lipinski definition) is 2. The normalized spacial score (nSPS) is 10.4. The van der Waals surface area contributed by atoms with Crippen LogP contribution < -0.4 is 10.6 Å². The summed E-state index contributed by atoms with van der Waals surface area (Å²) in [6, 6.07) is 7.85. The van der Waals surface area contributed by atoms with Gasteiger partial charge in [0.2, 0.25) is 0 Å². The fourth-order valence-corrected chi connectivity index (χ4v) is 2.46. The summed E-state index contributed by atoms with van der Waals surface area (Å²) in [5.41, 5.74) is 0.925. The molecule has 0 spiro atoms. The van der Waals surface area contributed by atoms with Gasteiger partial charge in [0.25, 0.3) is 11.8 Å². The van der Waals surface area contributed by atoms with Crippen molar-refractivity contribution in [1.82, 2.24) is 19.7 Å². The van der Waals surface area contributed by atoms with Gasteiger partial charge in [-0.1, -0.05) is 23.2 Å². The predicted octanol–water partition coefficient (Wildman–Crippen LogP) is 3.02. The number of hydrogen-bond acceptors (Lipinski definition) is 5. The third kappa shape index (κ3) is 3.81. The lowest BCUT2D eigenvalue weighted by atomic mass is 10.3. The smallest absolute Gasteiger partial charge is 0.276 e. The van der Waals surface area contributed by atoms with E-state index in [9.17, 15) is 9.59 Å². The Bertz CT molecular complexity index is 988. The first-order valence-corrected chi connectivity index (χ1v) is 8.09. The number of anilines is 2. The molecule has 3 heterocycles. The number of aryl methyl sites for hydroxylation is 1. The van der Waals surface area contributed by atoms with E-state index in [-0.39, 0.29) is 21.7 Å². The summed E-state index contributed by atoms with van der Waals surface area (Å²) in [7, 11) is 1.55. The molecule has 0 radical (unpaired) electrons. The van der Waals surface area contributed by atoms with Gasteiger partial charge in [-0.05, 0) is 24.3 Å². The molecule has 0 aromatic carbocycles. The van der Waals surface area contributed by atoms with Gasteiger partial charge in [0.1, 0.15) is 5.69 Å². The summed E-state index contributed by atoms with van der Waals surface area (Å²) in [5.74, 6) is -0.998. The number of amides is 2. The molecule has 0 saturated heterocycles. The Balaban J connectivity index is 1.78. The van der Waals surface area contributed by atoms with Crippen LogP contribution in [0.1, 0.15) is 21.0 Å². The monoisotopic (exact) mass is 390 g/mol. The molecule has 0 unspecified atom stereocenters. The molecule has 0 fully saturated rings. The number of pyridine rings is 2. The second-order valence-electron chi connectivity index (χ2n) is 5.13. The van der Waals surface area contributed by atoms with Gasteiger partial charge in [0, 0.05) is 25.5 Å². The first kappa shape index (κ1) is 17.8. The van der Waals surface area contributed by atoms with Gasteiger partial charge in [-0.2, -0.15) is 5.10 Å². The van der Waals surface area contributed by atoms with Crippen molar-refractivity contribution in [3.63, 3.8) is 0 Å². The standard InChI is InChI=1S/C16H12Cl2N6O2/c1-24-12(16(26)22-10-5-3-7-20-14(10)18)8-11(23-24)15(25)21-9-4-2-6-19-13(9)17/h2-8H,1H3,(H,21,25)(H,22,26). The Hall–Kier alpha value is -2.97. The van der Waals surface area contributed by atoms with Crippen molar-refractivity contribution in [2.24, 2.45) is 7.05 Å². The second-order valence-corrected chi connectivity index (χ2v) is 5.85. The highest BCUT2D eigenvalue weighted by Gasteiger charge is 2.19. The van der Waals surface area contributed by atoms with E-state index in [0.717, 1.165) is 0 Å². The molecule has 0 bridgehead atoms. The largest absolute Gasteiger partial charge is 0.318 e. The maximum atomic E-state index is 12.4. The van der Waals surface area contributed by atoms with Crippen molar-refractivity contribution in [3.8, 4) is 0 Å². The predicted molar refractivity (Wildman–Crippen MR) is 97.6 cm³/mol. The van der Waals surface area contributed by atoms with Crippen molar-refractivity contribution in [2.75, 3.05) is 10.6 Å². The molecule has 26 heavy (non-hydrogen) atoms. The number of halogens is 2. The number of aromatic nitrogens is 4. The summed E-state index contributed by atoms with van der Waals surface area (Å²) in [5, 5.41) is 9.58. The van der Waals surface area contributed by atoms with Crippen LogP contribution in [0.15, 0.2) is 42.7 Å². The second kappa shape index (κ2) is 7.51. The van der Waals surface area contributed by atoms with Crippen LogP contribution in [0.4, 0.5) is 11.4 Å². The number of carbonyl (C=O) groups excluding carboxylic acids is 2. The van der Waals surface area contributed by atoms with Gasteiger partial charge in [0.15, 0.2) is 16.0 Å². The van der Waals surface area contributed by atoms with Gasteiger partial charge >= 0.3 is 0 Å². The Morgan fingerprint density at radius 2 is 1.50 bits per heavy atom. The molecule has 132 valence electrons. The first-order chi connectivity index (χ1) is 12.5. The molecule has 10 heteroatoms. The van der Waals surface area contributed by atoms with Crippen molar-refractivity contribution in [1.29, 1.82) is 0 Å². The Kier molecular flexibility index (Phi) is 5.15. The summed E-state index contributed by atoms with van der Waals surface area (Å²) >= 11 is 11.8. The van der Waals surface area contributed by atoms with Crippen LogP contribution >= 0.6 is 23.2 Å². The van der Waals surface area contributed by atoms with Crippen LogP contribution in [0.25, 0.3) is 0 Å². The van der Waals surface area contributed by atoms with E-state index in [0.29, 0.717) is 11.4 Å². The maximum Gasteiger partial charge on any atom is 0.276 e. The molecule has 0 aliphatic carbocycles. The zero-order valence-electron chi connectivity index (χ0n) is 13.4. The van der Waals surface area contributed by atoms with Gasteiger partial charge in [-0.25, -0.2) is 9.97 Å². The first-order valence-electron chi connectivity index (χ1n) is 7.33. The average Bonchev–Trinajstić information content (AvgIpc) is 3.01. The lowest BCUT2D eigenvalue weighted by Gasteiger charge is -2.05. The van der Waals surface area contributed by atoms with Gasteiger partial charge < -0.3 is 10.6 Å². The molecule has 8 nitrogen and oxygen atoms in total. The molecule has 0 saturated carbocycles. The van der Waals surface area contributed by atoms with Gasteiger partial charge in [-0.3, -0.25) is 14.3 Å². The highest BCUT2D eigenvalue weighted by molar-refractivity contribution is 6.33. The van der Waals surface area contributed by atoms with E-state index in [1.54, 1.807) is 31.3 Å². The van der Waals surface area contributed by atoms with E-state index in [1.807, 2.05) is 0 Å². The molecule has 0 aliphatic rings.